The summed E-state index contributed by atoms with van der Waals surface area (Å²) in [5.41, 5.74) is 3.09. The molecule has 3 aliphatic carbocycles. The van der Waals surface area contributed by atoms with Crippen molar-refractivity contribution < 1.29 is 62.3 Å². The lowest BCUT2D eigenvalue weighted by Crippen LogP contribution is -2.56. The lowest BCUT2D eigenvalue weighted by molar-refractivity contribution is -0.337. The largest absolute Gasteiger partial charge is 0.491 e. The molecule has 0 aromatic rings. The van der Waals surface area contributed by atoms with Gasteiger partial charge in [0.25, 0.3) is 0 Å². The number of ether oxygens (including phenoxy) is 11. The zero-order chi connectivity index (χ0) is 37.7. The van der Waals surface area contributed by atoms with Crippen molar-refractivity contribution in [1.29, 1.82) is 0 Å². The SMILES string of the molecule is COC1CC(OC2C(O)CC(OC3C(C)OC(OC4CCC5(C)C(=CCC6=C7OC8COC9(C)OCC7(CCC65)C89)C4)CC3OC)OC2C)OC(C)C1O. The zero-order valence-corrected chi connectivity index (χ0v) is 33.0. The lowest BCUT2D eigenvalue weighted by Gasteiger charge is -2.52. The molecule has 0 aromatic carbocycles. The van der Waals surface area contributed by atoms with Crippen LogP contribution in [0.4, 0.5) is 0 Å². The van der Waals surface area contributed by atoms with E-state index in [4.69, 9.17) is 52.1 Å². The maximum absolute atomic E-state index is 11.2. The van der Waals surface area contributed by atoms with E-state index in [0.717, 1.165) is 38.5 Å². The van der Waals surface area contributed by atoms with Gasteiger partial charge in [0.2, 0.25) is 0 Å². The summed E-state index contributed by atoms with van der Waals surface area (Å²) in [7, 11) is 3.26. The molecule has 9 aliphatic rings. The highest BCUT2D eigenvalue weighted by molar-refractivity contribution is 5.40. The summed E-state index contributed by atoms with van der Waals surface area (Å²) in [6.07, 6.45) is 3.61. The summed E-state index contributed by atoms with van der Waals surface area (Å²) >= 11 is 0. The summed E-state index contributed by atoms with van der Waals surface area (Å²) < 4.78 is 68.6. The number of allylic oxidation sites excluding steroid dienone is 2. The molecule has 2 N–H and O–H groups in total. The van der Waals surface area contributed by atoms with Crippen LogP contribution >= 0.6 is 0 Å². The van der Waals surface area contributed by atoms with E-state index in [0.29, 0.717) is 37.9 Å². The minimum atomic E-state index is -0.844. The highest BCUT2D eigenvalue weighted by Gasteiger charge is 2.72. The topological polar surface area (TPSA) is 142 Å². The van der Waals surface area contributed by atoms with Gasteiger partial charge >= 0.3 is 0 Å². The van der Waals surface area contributed by atoms with Crippen LogP contribution in [0.2, 0.25) is 0 Å². The van der Waals surface area contributed by atoms with Crippen molar-refractivity contribution in [2.24, 2.45) is 22.7 Å². The Morgan fingerprint density at radius 3 is 2.22 bits per heavy atom. The Morgan fingerprint density at radius 2 is 1.46 bits per heavy atom. The molecule has 19 atom stereocenters. The van der Waals surface area contributed by atoms with Crippen LogP contribution in [0.15, 0.2) is 23.0 Å². The molecule has 19 unspecified atom stereocenters. The molecule has 13 heteroatoms. The van der Waals surface area contributed by atoms with Gasteiger partial charge in [-0.1, -0.05) is 18.6 Å². The van der Waals surface area contributed by atoms with Gasteiger partial charge in [-0.25, -0.2) is 0 Å². The Balaban J connectivity index is 0.799. The first kappa shape index (κ1) is 38.3. The van der Waals surface area contributed by atoms with Crippen LogP contribution in [-0.4, -0.2) is 129 Å². The van der Waals surface area contributed by atoms with Gasteiger partial charge in [0, 0.05) is 33.5 Å². The van der Waals surface area contributed by atoms with Gasteiger partial charge in [0.05, 0.1) is 67.3 Å². The molecule has 6 aliphatic heterocycles. The van der Waals surface area contributed by atoms with Crippen LogP contribution in [0, 0.1) is 22.7 Å². The van der Waals surface area contributed by atoms with E-state index in [-0.39, 0.29) is 41.7 Å². The van der Waals surface area contributed by atoms with Crippen molar-refractivity contribution in [2.75, 3.05) is 27.4 Å². The number of hydrogen-bond acceptors (Lipinski definition) is 13. The van der Waals surface area contributed by atoms with Gasteiger partial charge in [0.1, 0.15) is 30.2 Å². The maximum atomic E-state index is 11.2. The fourth-order valence-corrected chi connectivity index (χ4v) is 12.1. The first-order valence-electron chi connectivity index (χ1n) is 20.6. The van der Waals surface area contributed by atoms with Crippen LogP contribution in [-0.2, 0) is 52.1 Å². The third kappa shape index (κ3) is 6.18. The number of hydrogen-bond donors (Lipinski definition) is 2. The first-order chi connectivity index (χ1) is 25.9. The zero-order valence-electron chi connectivity index (χ0n) is 33.0. The second-order valence-corrected chi connectivity index (χ2v) is 18.0. The average Bonchev–Trinajstić information content (AvgIpc) is 3.77. The lowest BCUT2D eigenvalue weighted by atomic mass is 9.52. The number of aliphatic hydroxyl groups excluding tert-OH is 2. The molecular formula is C41H62O13. The molecule has 9 rings (SSSR count). The highest BCUT2D eigenvalue weighted by Crippen LogP contribution is 2.68. The smallest absolute Gasteiger partial charge is 0.173 e. The Labute approximate surface area is 319 Å². The van der Waals surface area contributed by atoms with Gasteiger partial charge in [-0.05, 0) is 83.1 Å². The standard InChI is InChI=1S/C41H62O13/c1-20-34(43)28(44-6)16-33(48-20)53-35-21(2)49-31(15-27(35)42)54-36-22(3)50-32(17-29(36)45-7)51-24-10-12-39(4)23(14-24)8-9-25-26(39)11-13-41-19-47-40(5)37(41)30(18-46-40)52-38(25)41/h8,20-22,24,26-37,42-43H,9-19H2,1-7H3. The van der Waals surface area contributed by atoms with Crippen LogP contribution in [0.5, 0.6) is 0 Å². The molecule has 6 heterocycles. The molecular weight excluding hydrogens is 700 g/mol. The minimum absolute atomic E-state index is 0.0279. The van der Waals surface area contributed by atoms with Crippen molar-refractivity contribution in [1.82, 2.24) is 0 Å². The Bertz CT molecular complexity index is 1460. The maximum Gasteiger partial charge on any atom is 0.173 e. The minimum Gasteiger partial charge on any atom is -0.491 e. The molecule has 0 aromatic heterocycles. The predicted molar refractivity (Wildman–Crippen MR) is 191 cm³/mol. The molecule has 54 heavy (non-hydrogen) atoms. The van der Waals surface area contributed by atoms with Crippen molar-refractivity contribution in [3.05, 3.63) is 23.0 Å². The highest BCUT2D eigenvalue weighted by atomic mass is 16.7. The molecule has 304 valence electrons. The third-order valence-corrected chi connectivity index (χ3v) is 15.0. The summed E-state index contributed by atoms with van der Waals surface area (Å²) in [5.74, 6) is 1.50. The monoisotopic (exact) mass is 762 g/mol. The predicted octanol–water partition coefficient (Wildman–Crippen LogP) is 4.26. The van der Waals surface area contributed by atoms with Crippen LogP contribution < -0.4 is 0 Å². The molecule has 7 fully saturated rings. The molecule has 0 bridgehead atoms. The summed E-state index contributed by atoms with van der Waals surface area (Å²) in [6, 6.07) is 0. The van der Waals surface area contributed by atoms with Crippen LogP contribution in [0.1, 0.15) is 92.4 Å². The van der Waals surface area contributed by atoms with Crippen molar-refractivity contribution in [2.45, 2.75) is 184 Å². The summed E-state index contributed by atoms with van der Waals surface area (Å²) in [6.45, 7) is 11.5. The Morgan fingerprint density at radius 1 is 0.778 bits per heavy atom. The quantitative estimate of drug-likeness (QED) is 0.341. The van der Waals surface area contributed by atoms with Gasteiger partial charge in [-0.15, -0.1) is 0 Å². The average molecular weight is 763 g/mol. The number of methoxy groups -OCH3 is 2. The van der Waals surface area contributed by atoms with Gasteiger partial charge in [-0.2, -0.15) is 0 Å². The van der Waals surface area contributed by atoms with Gasteiger partial charge < -0.3 is 62.3 Å². The second kappa shape index (κ2) is 14.3. The number of rotatable bonds is 8. The molecule has 0 amide bonds. The molecule has 0 radical (unpaired) electrons. The fraction of sp³-hybridized carbons (Fsp3) is 0.902. The normalized spacial score (nSPS) is 54.0. The van der Waals surface area contributed by atoms with Crippen molar-refractivity contribution in [3.63, 3.8) is 0 Å². The fourth-order valence-electron chi connectivity index (χ4n) is 12.1. The van der Waals surface area contributed by atoms with Crippen LogP contribution in [0.3, 0.4) is 0 Å². The van der Waals surface area contributed by atoms with E-state index in [2.05, 4.69) is 19.9 Å². The molecule has 1 spiro atoms. The molecule has 1 saturated carbocycles. The molecule has 13 nitrogen and oxygen atoms in total. The Hall–Kier alpha value is -1.20. The van der Waals surface area contributed by atoms with E-state index in [1.54, 1.807) is 21.1 Å². The first-order valence-corrected chi connectivity index (χ1v) is 20.6. The van der Waals surface area contributed by atoms with Gasteiger partial charge in [-0.3, -0.25) is 0 Å². The third-order valence-electron chi connectivity index (χ3n) is 15.0. The summed E-state index contributed by atoms with van der Waals surface area (Å²) in [4.78, 5) is 0. The van der Waals surface area contributed by atoms with E-state index in [1.165, 1.54) is 16.9 Å². The summed E-state index contributed by atoms with van der Waals surface area (Å²) in [5, 5.41) is 21.5. The van der Waals surface area contributed by atoms with E-state index in [1.807, 2.05) is 13.8 Å². The van der Waals surface area contributed by atoms with E-state index >= 15 is 0 Å². The van der Waals surface area contributed by atoms with E-state index < -0.39 is 67.4 Å². The number of aliphatic hydroxyl groups is 2. The van der Waals surface area contributed by atoms with E-state index in [9.17, 15) is 10.2 Å². The Kier molecular flexibility index (Phi) is 10.1. The van der Waals surface area contributed by atoms with Gasteiger partial charge in [0.15, 0.2) is 24.7 Å². The van der Waals surface area contributed by atoms with Crippen molar-refractivity contribution >= 4 is 0 Å². The molecule has 6 saturated heterocycles. The van der Waals surface area contributed by atoms with Crippen molar-refractivity contribution in [3.8, 4) is 0 Å². The second-order valence-electron chi connectivity index (χ2n) is 18.0. The van der Waals surface area contributed by atoms with Crippen LogP contribution in [0.25, 0.3) is 0 Å². The number of fused-ring (bicyclic) bond motifs is 3.